The Labute approximate surface area is 147 Å². The second-order valence-electron chi connectivity index (χ2n) is 5.47. The van der Waals surface area contributed by atoms with Crippen molar-refractivity contribution in [2.45, 2.75) is 24.7 Å². The van der Waals surface area contributed by atoms with Crippen molar-refractivity contribution >= 4 is 15.7 Å². The molecule has 11 heteroatoms. The fourth-order valence-electron chi connectivity index (χ4n) is 2.50. The van der Waals surface area contributed by atoms with E-state index in [0.29, 0.717) is 0 Å². The quantitative estimate of drug-likeness (QED) is 0.703. The van der Waals surface area contributed by atoms with Gasteiger partial charge in [-0.3, -0.25) is 0 Å². The number of hydrogen-bond donors (Lipinski definition) is 1. The van der Waals surface area contributed by atoms with E-state index in [1.807, 2.05) is 13.0 Å². The predicted molar refractivity (Wildman–Crippen MR) is 86.2 cm³/mol. The molecule has 0 aliphatic carbocycles. The van der Waals surface area contributed by atoms with Crippen molar-refractivity contribution in [3.05, 3.63) is 48.4 Å². The van der Waals surface area contributed by atoms with Crippen LogP contribution in [0.1, 0.15) is 5.69 Å². The number of fused-ring (bicyclic) bond motifs is 1. The predicted octanol–water partition coefficient (Wildman–Crippen LogP) is 2.32. The topological polar surface area (TPSA) is 77.6 Å². The van der Waals surface area contributed by atoms with Crippen LogP contribution in [0.4, 0.5) is 13.2 Å². The van der Waals surface area contributed by atoms with Crippen LogP contribution in [0.25, 0.3) is 5.65 Å². The molecule has 1 N–H and O–H groups in total. The Bertz CT molecular complexity index is 1020. The van der Waals surface area contributed by atoms with Crippen LogP contribution in [-0.4, -0.2) is 35.5 Å². The van der Waals surface area contributed by atoms with E-state index in [1.54, 1.807) is 21.5 Å². The molecule has 0 bridgehead atoms. The number of rotatable bonds is 6. The van der Waals surface area contributed by atoms with Crippen LogP contribution in [0.5, 0.6) is 5.75 Å². The van der Waals surface area contributed by atoms with Gasteiger partial charge in [0.1, 0.15) is 16.3 Å². The zero-order valence-electron chi connectivity index (χ0n) is 13.6. The maximum Gasteiger partial charge on any atom is 0.573 e. The summed E-state index contributed by atoms with van der Waals surface area (Å²) in [6.45, 7) is 2.10. The summed E-state index contributed by atoms with van der Waals surface area (Å²) >= 11 is 0. The molecule has 3 aromatic rings. The molecule has 1 aromatic carbocycles. The molecule has 0 saturated carbocycles. The van der Waals surface area contributed by atoms with Gasteiger partial charge in [0.05, 0.1) is 5.69 Å². The zero-order valence-corrected chi connectivity index (χ0v) is 14.4. The zero-order chi connectivity index (χ0) is 18.9. The van der Waals surface area contributed by atoms with Crippen LogP contribution in [0.3, 0.4) is 0 Å². The summed E-state index contributed by atoms with van der Waals surface area (Å²) in [6, 6.07) is 6.42. The number of alkyl halides is 3. The fraction of sp³-hybridized carbons (Fsp3) is 0.267. The number of aromatic nitrogens is 3. The molecule has 2 heterocycles. The van der Waals surface area contributed by atoms with Gasteiger partial charge in [-0.1, -0.05) is 12.1 Å². The summed E-state index contributed by atoms with van der Waals surface area (Å²) in [5.74, 6) is -0.776. The van der Waals surface area contributed by atoms with Gasteiger partial charge < -0.3 is 9.30 Å². The highest BCUT2D eigenvalue weighted by Gasteiger charge is 2.33. The minimum absolute atomic E-state index is 0.0166. The Kier molecular flexibility index (Phi) is 4.67. The third-order valence-electron chi connectivity index (χ3n) is 3.53. The molecule has 0 radical (unpaired) electrons. The summed E-state index contributed by atoms with van der Waals surface area (Å²) < 4.78 is 71.6. The highest BCUT2D eigenvalue weighted by molar-refractivity contribution is 7.89. The van der Waals surface area contributed by atoms with Gasteiger partial charge >= 0.3 is 6.36 Å². The number of aryl methyl sites for hydroxylation is 1. The first kappa shape index (κ1) is 18.3. The largest absolute Gasteiger partial charge is 0.573 e. The number of imidazole rings is 1. The number of sulfonamides is 1. The van der Waals surface area contributed by atoms with E-state index in [4.69, 9.17) is 0 Å². The Balaban J connectivity index is 1.73. The van der Waals surface area contributed by atoms with Crippen LogP contribution in [-0.2, 0) is 16.6 Å². The molecular formula is C15H15F3N4O3S. The van der Waals surface area contributed by atoms with Gasteiger partial charge in [-0.15, -0.1) is 13.2 Å². The Hall–Kier alpha value is -2.53. The number of benzene rings is 1. The van der Waals surface area contributed by atoms with Gasteiger partial charge in [-0.2, -0.15) is 5.10 Å². The van der Waals surface area contributed by atoms with Crippen molar-refractivity contribution in [2.75, 3.05) is 6.54 Å². The number of nitrogens with zero attached hydrogens (tertiary/aromatic N) is 3. The van der Waals surface area contributed by atoms with Crippen LogP contribution < -0.4 is 9.46 Å². The number of para-hydroxylation sites is 1. The lowest BCUT2D eigenvalue weighted by Crippen LogP contribution is -2.28. The van der Waals surface area contributed by atoms with Crippen LogP contribution in [0, 0.1) is 6.92 Å². The van der Waals surface area contributed by atoms with Gasteiger partial charge in [-0.25, -0.2) is 17.7 Å². The second kappa shape index (κ2) is 6.65. The number of halogens is 3. The maximum atomic E-state index is 12.4. The number of hydrogen-bond acceptors (Lipinski definition) is 4. The van der Waals surface area contributed by atoms with Gasteiger partial charge in [0.15, 0.2) is 0 Å². The molecule has 0 saturated heterocycles. The maximum absolute atomic E-state index is 12.4. The molecule has 2 aromatic heterocycles. The first-order valence-corrected chi connectivity index (χ1v) is 8.99. The monoisotopic (exact) mass is 388 g/mol. The first-order valence-electron chi connectivity index (χ1n) is 7.51. The Morgan fingerprint density at radius 1 is 1.23 bits per heavy atom. The van der Waals surface area contributed by atoms with Crippen LogP contribution in [0.15, 0.2) is 47.6 Å². The minimum atomic E-state index is -4.98. The minimum Gasteiger partial charge on any atom is -0.404 e. The van der Waals surface area contributed by atoms with Crippen molar-refractivity contribution < 1.29 is 26.3 Å². The number of nitrogens with one attached hydrogen (secondary N) is 1. The highest BCUT2D eigenvalue weighted by Crippen LogP contribution is 2.29. The smallest absolute Gasteiger partial charge is 0.404 e. The van der Waals surface area contributed by atoms with Crippen molar-refractivity contribution in [3.8, 4) is 5.75 Å². The lowest BCUT2D eigenvalue weighted by Gasteiger charge is -2.14. The lowest BCUT2D eigenvalue weighted by atomic mass is 10.3. The molecular weight excluding hydrogens is 373 g/mol. The average Bonchev–Trinajstić information content (AvgIpc) is 3.06. The summed E-state index contributed by atoms with van der Waals surface area (Å²) in [6.07, 6.45) is -1.53. The normalized spacial score (nSPS) is 12.6. The molecule has 0 aliphatic rings. The molecule has 0 atom stereocenters. The molecule has 0 unspecified atom stereocenters. The first-order chi connectivity index (χ1) is 12.2. The lowest BCUT2D eigenvalue weighted by molar-refractivity contribution is -0.275. The molecule has 140 valence electrons. The highest BCUT2D eigenvalue weighted by atomic mass is 32.2. The Morgan fingerprint density at radius 2 is 1.96 bits per heavy atom. The van der Waals surface area contributed by atoms with Gasteiger partial charge in [-0.05, 0) is 19.1 Å². The van der Waals surface area contributed by atoms with E-state index in [2.05, 4.69) is 14.6 Å². The van der Waals surface area contributed by atoms with Gasteiger partial charge in [0.2, 0.25) is 10.0 Å². The van der Waals surface area contributed by atoms with Crippen molar-refractivity contribution in [2.24, 2.45) is 0 Å². The van der Waals surface area contributed by atoms with Crippen molar-refractivity contribution in [1.82, 2.24) is 18.9 Å². The van der Waals surface area contributed by atoms with Crippen molar-refractivity contribution in [1.29, 1.82) is 0 Å². The fourth-order valence-corrected chi connectivity index (χ4v) is 3.64. The van der Waals surface area contributed by atoms with E-state index < -0.39 is 27.0 Å². The summed E-state index contributed by atoms with van der Waals surface area (Å²) in [4.78, 5) is -0.574. The van der Waals surface area contributed by atoms with Gasteiger partial charge in [0, 0.05) is 31.5 Å². The van der Waals surface area contributed by atoms with E-state index in [1.165, 1.54) is 12.1 Å². The summed E-state index contributed by atoms with van der Waals surface area (Å²) in [5, 5.41) is 4.22. The molecule has 26 heavy (non-hydrogen) atoms. The van der Waals surface area contributed by atoms with Crippen molar-refractivity contribution in [3.63, 3.8) is 0 Å². The van der Waals surface area contributed by atoms with Crippen LogP contribution in [0.2, 0.25) is 0 Å². The molecule has 0 amide bonds. The SMILES string of the molecule is Cc1cc2n(CCNS(=O)(=O)c3ccccc3OC(F)(F)F)ccn2n1. The third kappa shape index (κ3) is 3.99. The third-order valence-corrected chi connectivity index (χ3v) is 5.03. The standard InChI is InChI=1S/C15H15F3N4O3S/c1-11-10-14-21(8-9-22(14)20-11)7-6-19-26(23,24)13-5-3-2-4-12(13)25-15(16,17)18/h2-5,8-10,19H,6-7H2,1H3. The molecule has 0 spiro atoms. The van der Waals surface area contributed by atoms with E-state index in [9.17, 15) is 21.6 Å². The molecule has 7 nitrogen and oxygen atoms in total. The second-order valence-corrected chi connectivity index (χ2v) is 7.21. The van der Waals surface area contributed by atoms with Gasteiger partial charge in [0.25, 0.3) is 0 Å². The summed E-state index contributed by atoms with van der Waals surface area (Å²) in [5.41, 5.74) is 1.59. The average molecular weight is 388 g/mol. The van der Waals surface area contributed by atoms with E-state index >= 15 is 0 Å². The number of ether oxygens (including phenoxy) is 1. The summed E-state index contributed by atoms with van der Waals surface area (Å²) in [7, 11) is -4.18. The van der Waals surface area contributed by atoms with E-state index in [-0.39, 0.29) is 13.1 Å². The molecule has 0 fully saturated rings. The Morgan fingerprint density at radius 3 is 2.69 bits per heavy atom. The molecule has 3 rings (SSSR count). The molecule has 0 aliphatic heterocycles. The van der Waals surface area contributed by atoms with Crippen LogP contribution >= 0.6 is 0 Å². The van der Waals surface area contributed by atoms with E-state index in [0.717, 1.165) is 23.5 Å².